The van der Waals surface area contributed by atoms with Gasteiger partial charge in [-0.05, 0) is 30.3 Å². The minimum Gasteiger partial charge on any atom is -0.452 e. The van der Waals surface area contributed by atoms with E-state index >= 15 is 0 Å². The maximum atomic E-state index is 13.6. The van der Waals surface area contributed by atoms with Crippen LogP contribution in [0.5, 0.6) is 0 Å². The SMILES string of the molecule is O=C(COC(=O)c1c(F)cccc1F)Nc1ccc(Cl)c(S(=O)(=O)N2CCOCC2)c1. The van der Waals surface area contributed by atoms with Crippen molar-refractivity contribution < 1.29 is 36.3 Å². The summed E-state index contributed by atoms with van der Waals surface area (Å²) in [6, 6.07) is 6.66. The van der Waals surface area contributed by atoms with Crippen molar-refractivity contribution in [2.24, 2.45) is 0 Å². The minimum atomic E-state index is -3.92. The summed E-state index contributed by atoms with van der Waals surface area (Å²) in [5, 5.41) is 2.31. The third kappa shape index (κ3) is 5.37. The van der Waals surface area contributed by atoms with E-state index in [1.165, 1.54) is 22.5 Å². The number of hydrogen-bond donors (Lipinski definition) is 1. The Morgan fingerprint density at radius 3 is 2.42 bits per heavy atom. The van der Waals surface area contributed by atoms with Gasteiger partial charge in [0.2, 0.25) is 10.0 Å². The fraction of sp³-hybridized carbons (Fsp3) is 0.263. The van der Waals surface area contributed by atoms with E-state index in [1.807, 2.05) is 0 Å². The van der Waals surface area contributed by atoms with Crippen molar-refractivity contribution in [1.82, 2.24) is 4.31 Å². The smallest absolute Gasteiger partial charge is 0.344 e. The molecule has 0 bridgehead atoms. The topological polar surface area (TPSA) is 102 Å². The number of rotatable bonds is 6. The molecule has 1 N–H and O–H groups in total. The summed E-state index contributed by atoms with van der Waals surface area (Å²) < 4.78 is 63.8. The van der Waals surface area contributed by atoms with Crippen molar-refractivity contribution in [3.8, 4) is 0 Å². The van der Waals surface area contributed by atoms with Gasteiger partial charge >= 0.3 is 5.97 Å². The zero-order valence-corrected chi connectivity index (χ0v) is 17.5. The Morgan fingerprint density at radius 1 is 1.13 bits per heavy atom. The fourth-order valence-electron chi connectivity index (χ4n) is 2.80. The average molecular weight is 475 g/mol. The van der Waals surface area contributed by atoms with Crippen LogP contribution in [-0.2, 0) is 24.3 Å². The number of benzene rings is 2. The molecule has 1 heterocycles. The summed E-state index contributed by atoms with van der Waals surface area (Å²) in [6.07, 6.45) is 0. The zero-order chi connectivity index (χ0) is 22.6. The molecule has 12 heteroatoms. The first kappa shape index (κ1) is 23.1. The largest absolute Gasteiger partial charge is 0.452 e. The Balaban J connectivity index is 1.68. The van der Waals surface area contributed by atoms with Crippen LogP contribution in [0.1, 0.15) is 10.4 Å². The van der Waals surface area contributed by atoms with Crippen LogP contribution in [0.15, 0.2) is 41.3 Å². The van der Waals surface area contributed by atoms with Crippen molar-refractivity contribution in [2.75, 3.05) is 38.2 Å². The lowest BCUT2D eigenvalue weighted by Gasteiger charge is -2.26. The van der Waals surface area contributed by atoms with Crippen LogP contribution in [0.3, 0.4) is 0 Å². The molecule has 31 heavy (non-hydrogen) atoms. The van der Waals surface area contributed by atoms with Gasteiger partial charge in [0.15, 0.2) is 6.61 Å². The molecular weight excluding hydrogens is 458 g/mol. The van der Waals surface area contributed by atoms with Crippen molar-refractivity contribution >= 4 is 39.2 Å². The summed E-state index contributed by atoms with van der Waals surface area (Å²) >= 11 is 6.05. The highest BCUT2D eigenvalue weighted by Gasteiger charge is 2.29. The molecule has 0 spiro atoms. The minimum absolute atomic E-state index is 0.0362. The van der Waals surface area contributed by atoms with E-state index in [9.17, 15) is 26.8 Å². The van der Waals surface area contributed by atoms with Crippen LogP contribution in [0.25, 0.3) is 0 Å². The number of esters is 1. The van der Waals surface area contributed by atoms with Crippen molar-refractivity contribution in [2.45, 2.75) is 4.90 Å². The third-order valence-electron chi connectivity index (χ3n) is 4.30. The van der Waals surface area contributed by atoms with Crippen LogP contribution in [0.4, 0.5) is 14.5 Å². The first-order valence-electron chi connectivity index (χ1n) is 8.98. The Hall–Kier alpha value is -2.60. The molecule has 1 saturated heterocycles. The molecule has 2 aromatic rings. The summed E-state index contributed by atoms with van der Waals surface area (Å²) in [6.45, 7) is -0.0150. The van der Waals surface area contributed by atoms with E-state index in [-0.39, 0.29) is 41.9 Å². The van der Waals surface area contributed by atoms with Crippen LogP contribution in [-0.4, -0.2) is 57.5 Å². The average Bonchev–Trinajstić information content (AvgIpc) is 2.74. The number of anilines is 1. The van der Waals surface area contributed by atoms with E-state index in [2.05, 4.69) is 10.1 Å². The normalized spacial score (nSPS) is 14.8. The molecule has 1 fully saturated rings. The Bertz CT molecular complexity index is 1090. The van der Waals surface area contributed by atoms with Gasteiger partial charge in [0.1, 0.15) is 22.1 Å². The monoisotopic (exact) mass is 474 g/mol. The van der Waals surface area contributed by atoms with Crippen LogP contribution < -0.4 is 5.32 Å². The first-order chi connectivity index (χ1) is 14.7. The third-order valence-corrected chi connectivity index (χ3v) is 6.68. The molecular formula is C19H17ClF2N2O6S. The van der Waals surface area contributed by atoms with E-state index < -0.39 is 45.7 Å². The molecule has 0 aliphatic carbocycles. The van der Waals surface area contributed by atoms with E-state index in [0.717, 1.165) is 18.2 Å². The number of ether oxygens (including phenoxy) is 2. The molecule has 0 unspecified atom stereocenters. The molecule has 166 valence electrons. The second-order valence-electron chi connectivity index (χ2n) is 6.38. The van der Waals surface area contributed by atoms with Gasteiger partial charge in [-0.2, -0.15) is 4.31 Å². The Labute approximate surface area is 181 Å². The quantitative estimate of drug-likeness (QED) is 0.645. The number of nitrogens with one attached hydrogen (secondary N) is 1. The number of sulfonamides is 1. The van der Waals surface area contributed by atoms with Gasteiger partial charge < -0.3 is 14.8 Å². The highest BCUT2D eigenvalue weighted by Crippen LogP contribution is 2.28. The molecule has 1 amide bonds. The summed E-state index contributed by atoms with van der Waals surface area (Å²) in [5.41, 5.74) is -0.838. The van der Waals surface area contributed by atoms with Gasteiger partial charge in [0.05, 0.1) is 18.2 Å². The van der Waals surface area contributed by atoms with Crippen LogP contribution in [0, 0.1) is 11.6 Å². The summed E-state index contributed by atoms with van der Waals surface area (Å²) in [7, 11) is -3.92. The molecule has 0 saturated carbocycles. The molecule has 0 radical (unpaired) electrons. The second kappa shape index (κ2) is 9.69. The lowest BCUT2D eigenvalue weighted by molar-refractivity contribution is -0.119. The van der Waals surface area contributed by atoms with Gasteiger partial charge in [-0.15, -0.1) is 0 Å². The maximum Gasteiger partial charge on any atom is 0.344 e. The second-order valence-corrected chi connectivity index (χ2v) is 8.70. The van der Waals surface area contributed by atoms with Gasteiger partial charge in [0.25, 0.3) is 5.91 Å². The highest BCUT2D eigenvalue weighted by atomic mass is 35.5. The molecule has 2 aromatic carbocycles. The predicted octanol–water partition coefficient (Wildman–Crippen LogP) is 2.43. The van der Waals surface area contributed by atoms with E-state index in [1.54, 1.807) is 0 Å². The number of carbonyl (C=O) groups excluding carboxylic acids is 2. The maximum absolute atomic E-state index is 13.6. The highest BCUT2D eigenvalue weighted by molar-refractivity contribution is 7.89. The van der Waals surface area contributed by atoms with Crippen molar-refractivity contribution in [1.29, 1.82) is 0 Å². The van der Waals surface area contributed by atoms with Crippen molar-refractivity contribution in [3.05, 3.63) is 58.6 Å². The molecule has 3 rings (SSSR count). The van der Waals surface area contributed by atoms with Crippen LogP contribution in [0.2, 0.25) is 5.02 Å². The van der Waals surface area contributed by atoms with Gasteiger partial charge in [-0.1, -0.05) is 17.7 Å². The van der Waals surface area contributed by atoms with Gasteiger partial charge in [-0.25, -0.2) is 22.0 Å². The zero-order valence-electron chi connectivity index (χ0n) is 15.9. The molecule has 8 nitrogen and oxygen atoms in total. The Morgan fingerprint density at radius 2 is 1.77 bits per heavy atom. The number of amides is 1. The molecule has 1 aliphatic rings. The molecule has 0 atom stereocenters. The van der Waals surface area contributed by atoms with E-state index in [4.69, 9.17) is 16.3 Å². The number of hydrogen-bond acceptors (Lipinski definition) is 6. The number of halogens is 3. The van der Waals surface area contributed by atoms with Gasteiger partial charge in [0, 0.05) is 18.8 Å². The molecule has 0 aromatic heterocycles. The lowest BCUT2D eigenvalue weighted by Crippen LogP contribution is -2.40. The predicted molar refractivity (Wildman–Crippen MR) is 106 cm³/mol. The molecule has 1 aliphatic heterocycles. The fourth-order valence-corrected chi connectivity index (χ4v) is 4.71. The van der Waals surface area contributed by atoms with E-state index in [0.29, 0.717) is 0 Å². The lowest BCUT2D eigenvalue weighted by atomic mass is 10.2. The van der Waals surface area contributed by atoms with Crippen molar-refractivity contribution in [3.63, 3.8) is 0 Å². The number of nitrogens with zero attached hydrogens (tertiary/aromatic N) is 1. The van der Waals surface area contributed by atoms with Gasteiger partial charge in [-0.3, -0.25) is 4.79 Å². The Kier molecular flexibility index (Phi) is 7.21. The first-order valence-corrected chi connectivity index (χ1v) is 10.8. The summed E-state index contributed by atoms with van der Waals surface area (Å²) in [5.74, 6) is -4.44. The number of morpholine rings is 1. The number of carbonyl (C=O) groups is 2. The summed E-state index contributed by atoms with van der Waals surface area (Å²) in [4.78, 5) is 23.7. The van der Waals surface area contributed by atoms with Crippen LogP contribution >= 0.6 is 11.6 Å². The standard InChI is InChI=1S/C19H17ClF2N2O6S/c20-13-5-4-12(10-16(13)31(27,28)24-6-8-29-9-7-24)23-17(25)11-30-19(26)18-14(21)2-1-3-15(18)22/h1-5,10H,6-9,11H2,(H,23,25).